The zero-order valence-electron chi connectivity index (χ0n) is 14.2. The number of rotatable bonds is 3. The van der Waals surface area contributed by atoms with E-state index in [9.17, 15) is 0 Å². The van der Waals surface area contributed by atoms with E-state index in [1.54, 1.807) is 0 Å². The molecule has 0 atom stereocenters. The summed E-state index contributed by atoms with van der Waals surface area (Å²) >= 11 is 0. The first-order valence-corrected chi connectivity index (χ1v) is 8.80. The first-order valence-electron chi connectivity index (χ1n) is 8.80. The molecular formula is C17H31N3O2. The van der Waals surface area contributed by atoms with Gasteiger partial charge in [-0.3, -0.25) is 4.99 Å². The number of ether oxygens (including phenoxy) is 2. The highest BCUT2D eigenvalue weighted by Gasteiger charge is 2.41. The van der Waals surface area contributed by atoms with Crippen LogP contribution < -0.4 is 5.32 Å². The number of hydrogen-bond acceptors (Lipinski definition) is 3. The van der Waals surface area contributed by atoms with Crippen molar-refractivity contribution in [2.45, 2.75) is 50.5 Å². The van der Waals surface area contributed by atoms with Crippen LogP contribution in [0.2, 0.25) is 0 Å². The number of hydrogen-bond donors (Lipinski definition) is 1. The number of aliphatic imine (C=N–C) groups is 1. The van der Waals surface area contributed by atoms with E-state index in [0.29, 0.717) is 5.41 Å². The molecule has 2 heterocycles. The quantitative estimate of drug-likeness (QED) is 0.640. The Balaban J connectivity index is 1.56. The molecule has 126 valence electrons. The fourth-order valence-electron chi connectivity index (χ4n) is 4.42. The molecule has 1 aliphatic carbocycles. The van der Waals surface area contributed by atoms with Crippen LogP contribution in [0.1, 0.15) is 44.9 Å². The smallest absolute Gasteiger partial charge is 0.193 e. The van der Waals surface area contributed by atoms with Crippen molar-refractivity contribution >= 4 is 5.96 Å². The van der Waals surface area contributed by atoms with Gasteiger partial charge in [0.05, 0.1) is 5.60 Å². The standard InChI is InChI=1S/C17H31N3O2/c1-18-15(19-13-17(21-2)8-11-22-12-9-17)20-10-7-16(14-20)5-3-4-6-16/h3-14H2,1-2H3,(H,18,19). The molecule has 1 saturated carbocycles. The summed E-state index contributed by atoms with van der Waals surface area (Å²) in [6, 6.07) is 0. The first kappa shape index (κ1) is 16.1. The van der Waals surface area contributed by atoms with Crippen molar-refractivity contribution in [3.8, 4) is 0 Å². The van der Waals surface area contributed by atoms with Gasteiger partial charge in [0.25, 0.3) is 0 Å². The van der Waals surface area contributed by atoms with Gasteiger partial charge in [0, 0.05) is 59.8 Å². The predicted octanol–water partition coefficient (Wildman–Crippen LogP) is 2.02. The predicted molar refractivity (Wildman–Crippen MR) is 88.2 cm³/mol. The van der Waals surface area contributed by atoms with Crippen molar-refractivity contribution in [1.29, 1.82) is 0 Å². The summed E-state index contributed by atoms with van der Waals surface area (Å²) in [5, 5.41) is 3.57. The normalized spacial score (nSPS) is 27.5. The van der Waals surface area contributed by atoms with Gasteiger partial charge >= 0.3 is 0 Å². The highest BCUT2D eigenvalue weighted by atomic mass is 16.5. The second kappa shape index (κ2) is 6.75. The number of guanidine groups is 1. The van der Waals surface area contributed by atoms with Gasteiger partial charge in [0.15, 0.2) is 5.96 Å². The molecule has 22 heavy (non-hydrogen) atoms. The van der Waals surface area contributed by atoms with Crippen LogP contribution in [0.5, 0.6) is 0 Å². The Kier molecular flexibility index (Phi) is 4.93. The van der Waals surface area contributed by atoms with Gasteiger partial charge in [-0.2, -0.15) is 0 Å². The Bertz CT molecular complexity index is 399. The van der Waals surface area contributed by atoms with Gasteiger partial charge in [-0.15, -0.1) is 0 Å². The maximum absolute atomic E-state index is 5.81. The number of methoxy groups -OCH3 is 1. The van der Waals surface area contributed by atoms with Crippen LogP contribution >= 0.6 is 0 Å². The van der Waals surface area contributed by atoms with Crippen molar-refractivity contribution in [1.82, 2.24) is 10.2 Å². The molecule has 5 nitrogen and oxygen atoms in total. The van der Waals surface area contributed by atoms with E-state index in [4.69, 9.17) is 9.47 Å². The van der Waals surface area contributed by atoms with Gasteiger partial charge in [-0.25, -0.2) is 0 Å². The minimum Gasteiger partial charge on any atom is -0.381 e. The SMILES string of the molecule is CN=C(NCC1(OC)CCOCC1)N1CCC2(CCCC2)C1. The lowest BCUT2D eigenvalue weighted by molar-refractivity contribution is -0.0857. The average molecular weight is 309 g/mol. The van der Waals surface area contributed by atoms with E-state index in [-0.39, 0.29) is 5.60 Å². The van der Waals surface area contributed by atoms with Crippen LogP contribution in [-0.2, 0) is 9.47 Å². The maximum atomic E-state index is 5.81. The second-order valence-corrected chi connectivity index (χ2v) is 7.28. The molecule has 2 aliphatic heterocycles. The van der Waals surface area contributed by atoms with Crippen LogP contribution in [0, 0.1) is 5.41 Å². The van der Waals surface area contributed by atoms with Crippen molar-refractivity contribution in [2.24, 2.45) is 10.4 Å². The monoisotopic (exact) mass is 309 g/mol. The lowest BCUT2D eigenvalue weighted by atomic mass is 9.86. The van der Waals surface area contributed by atoms with Gasteiger partial charge in [0.1, 0.15) is 0 Å². The molecule has 0 aromatic heterocycles. The minimum atomic E-state index is -0.0983. The third-order valence-electron chi connectivity index (χ3n) is 6.02. The van der Waals surface area contributed by atoms with Crippen molar-refractivity contribution in [3.63, 3.8) is 0 Å². The third-order valence-corrected chi connectivity index (χ3v) is 6.02. The van der Waals surface area contributed by atoms with Crippen LogP contribution in [-0.4, -0.2) is 63.5 Å². The summed E-state index contributed by atoms with van der Waals surface area (Å²) in [4.78, 5) is 6.97. The summed E-state index contributed by atoms with van der Waals surface area (Å²) in [7, 11) is 3.71. The van der Waals surface area contributed by atoms with Crippen LogP contribution in [0.3, 0.4) is 0 Å². The largest absolute Gasteiger partial charge is 0.381 e. The molecule has 1 spiro atoms. The molecule has 0 aromatic carbocycles. The first-order chi connectivity index (χ1) is 10.7. The van der Waals surface area contributed by atoms with E-state index in [1.165, 1.54) is 38.6 Å². The van der Waals surface area contributed by atoms with E-state index < -0.39 is 0 Å². The Labute approximate surface area is 134 Å². The fraction of sp³-hybridized carbons (Fsp3) is 0.941. The average Bonchev–Trinajstić information content (AvgIpc) is 3.20. The molecule has 3 rings (SSSR count). The maximum Gasteiger partial charge on any atom is 0.193 e. The Hall–Kier alpha value is -0.810. The molecule has 0 amide bonds. The third kappa shape index (κ3) is 3.25. The minimum absolute atomic E-state index is 0.0983. The van der Waals surface area contributed by atoms with Gasteiger partial charge in [-0.1, -0.05) is 12.8 Å². The van der Waals surface area contributed by atoms with Crippen LogP contribution in [0.15, 0.2) is 4.99 Å². The Morgan fingerprint density at radius 1 is 1.18 bits per heavy atom. The summed E-state index contributed by atoms with van der Waals surface area (Å²) in [6.45, 7) is 4.73. The lowest BCUT2D eigenvalue weighted by Crippen LogP contribution is -2.51. The highest BCUT2D eigenvalue weighted by Crippen LogP contribution is 2.45. The molecule has 5 heteroatoms. The molecule has 0 bridgehead atoms. The zero-order valence-corrected chi connectivity index (χ0v) is 14.2. The van der Waals surface area contributed by atoms with E-state index in [1.807, 2.05) is 14.2 Å². The zero-order chi connectivity index (χ0) is 15.5. The fourth-order valence-corrected chi connectivity index (χ4v) is 4.42. The van der Waals surface area contributed by atoms with Gasteiger partial charge in [0.2, 0.25) is 0 Å². The Morgan fingerprint density at radius 3 is 2.55 bits per heavy atom. The lowest BCUT2D eigenvalue weighted by Gasteiger charge is -2.37. The molecule has 0 radical (unpaired) electrons. The van der Waals surface area contributed by atoms with Crippen molar-refractivity contribution in [3.05, 3.63) is 0 Å². The molecule has 3 aliphatic rings. The molecule has 2 saturated heterocycles. The van der Waals surface area contributed by atoms with Crippen LogP contribution in [0.25, 0.3) is 0 Å². The molecule has 0 unspecified atom stereocenters. The summed E-state index contributed by atoms with van der Waals surface area (Å²) in [6.07, 6.45) is 8.87. The van der Waals surface area contributed by atoms with Crippen molar-refractivity contribution in [2.75, 3.05) is 47.0 Å². The number of likely N-dealkylation sites (tertiary alicyclic amines) is 1. The molecule has 0 aromatic rings. The van der Waals surface area contributed by atoms with Gasteiger partial charge in [-0.05, 0) is 24.7 Å². The number of nitrogens with zero attached hydrogens (tertiary/aromatic N) is 2. The topological polar surface area (TPSA) is 46.1 Å². The van der Waals surface area contributed by atoms with E-state index in [2.05, 4.69) is 15.2 Å². The summed E-state index contributed by atoms with van der Waals surface area (Å²) < 4.78 is 11.3. The molecule has 3 fully saturated rings. The molecule has 1 N–H and O–H groups in total. The highest BCUT2D eigenvalue weighted by molar-refractivity contribution is 5.80. The van der Waals surface area contributed by atoms with E-state index >= 15 is 0 Å². The van der Waals surface area contributed by atoms with Crippen molar-refractivity contribution < 1.29 is 9.47 Å². The van der Waals surface area contributed by atoms with E-state index in [0.717, 1.165) is 45.1 Å². The Morgan fingerprint density at radius 2 is 1.91 bits per heavy atom. The van der Waals surface area contributed by atoms with Gasteiger partial charge < -0.3 is 19.7 Å². The summed E-state index contributed by atoms with van der Waals surface area (Å²) in [5.74, 6) is 1.05. The summed E-state index contributed by atoms with van der Waals surface area (Å²) in [5.41, 5.74) is 0.480. The number of nitrogens with one attached hydrogen (secondary N) is 1. The molecular weight excluding hydrogens is 278 g/mol. The van der Waals surface area contributed by atoms with Crippen LogP contribution in [0.4, 0.5) is 0 Å². The second-order valence-electron chi connectivity index (χ2n) is 7.28.